The Morgan fingerprint density at radius 2 is 2.00 bits per heavy atom. The van der Waals surface area contributed by atoms with E-state index in [1.165, 1.54) is 6.42 Å². The average Bonchev–Trinajstić information content (AvgIpc) is 3.20. The van der Waals surface area contributed by atoms with Crippen LogP contribution in [0.3, 0.4) is 0 Å². The van der Waals surface area contributed by atoms with Crippen LogP contribution < -0.4 is 14.8 Å². The van der Waals surface area contributed by atoms with Gasteiger partial charge in [-0.25, -0.2) is 0 Å². The first-order valence-corrected chi connectivity index (χ1v) is 11.0. The topological polar surface area (TPSA) is 56.8 Å². The molecule has 4 rings (SSSR count). The highest BCUT2D eigenvalue weighted by Gasteiger charge is 2.68. The molecule has 3 fully saturated rings. The van der Waals surface area contributed by atoms with Crippen LogP contribution in [0.4, 0.5) is 0 Å². The van der Waals surface area contributed by atoms with Crippen molar-refractivity contribution in [3.05, 3.63) is 23.8 Å². The van der Waals surface area contributed by atoms with E-state index in [9.17, 15) is 4.79 Å². The molecule has 3 aliphatic rings. The molecule has 5 atom stereocenters. The number of fused-ring (bicyclic) bond motifs is 1. The molecule has 1 spiro atoms. The van der Waals surface area contributed by atoms with Crippen molar-refractivity contribution in [1.82, 2.24) is 5.32 Å². The fraction of sp³-hybridized carbons (Fsp3) is 0.708. The summed E-state index contributed by atoms with van der Waals surface area (Å²) in [5.41, 5.74) is 1.39. The third kappa shape index (κ3) is 3.13. The second kappa shape index (κ2) is 7.50. The van der Waals surface area contributed by atoms with Gasteiger partial charge in [0.15, 0.2) is 11.5 Å². The first-order chi connectivity index (χ1) is 13.9. The van der Waals surface area contributed by atoms with Crippen LogP contribution in [0, 0.1) is 22.7 Å². The Morgan fingerprint density at radius 3 is 2.69 bits per heavy atom. The van der Waals surface area contributed by atoms with Gasteiger partial charge in [-0.1, -0.05) is 26.8 Å². The van der Waals surface area contributed by atoms with Gasteiger partial charge in [-0.2, -0.15) is 0 Å². The van der Waals surface area contributed by atoms with Gasteiger partial charge in [0.2, 0.25) is 5.91 Å². The summed E-state index contributed by atoms with van der Waals surface area (Å²) >= 11 is 0. The molecule has 1 amide bonds. The van der Waals surface area contributed by atoms with E-state index in [2.05, 4.69) is 38.2 Å². The van der Waals surface area contributed by atoms with E-state index in [4.69, 9.17) is 14.2 Å². The Labute approximate surface area is 174 Å². The van der Waals surface area contributed by atoms with E-state index in [1.807, 2.05) is 6.07 Å². The van der Waals surface area contributed by atoms with Crippen molar-refractivity contribution in [2.45, 2.75) is 65.0 Å². The minimum atomic E-state index is 0.0373. The quantitative estimate of drug-likeness (QED) is 0.762. The summed E-state index contributed by atoms with van der Waals surface area (Å²) in [5.74, 6) is 2.70. The van der Waals surface area contributed by atoms with Gasteiger partial charge in [0.25, 0.3) is 0 Å². The van der Waals surface area contributed by atoms with Gasteiger partial charge in [0.1, 0.15) is 0 Å². The molecule has 1 heterocycles. The van der Waals surface area contributed by atoms with E-state index in [0.29, 0.717) is 18.3 Å². The van der Waals surface area contributed by atoms with Crippen molar-refractivity contribution in [2.75, 3.05) is 20.8 Å². The molecular weight excluding hydrogens is 366 g/mol. The summed E-state index contributed by atoms with van der Waals surface area (Å²) in [7, 11) is 3.33. The Hall–Kier alpha value is -1.75. The predicted octanol–water partition coefficient (Wildman–Crippen LogP) is 4.50. The molecule has 160 valence electrons. The summed E-state index contributed by atoms with van der Waals surface area (Å²) in [6.45, 7) is 7.49. The molecule has 5 heteroatoms. The summed E-state index contributed by atoms with van der Waals surface area (Å²) in [5, 5.41) is 3.47. The minimum Gasteiger partial charge on any atom is -0.493 e. The standard InChI is InChI=1S/C24H35NO4/c1-6-7-20(26)25-22-23(2,3)16-13-17-21(29-11-10-24(17,22)14-16)15-8-9-18(27-4)19(12-15)28-5/h8-9,12,16-17,21-22H,6-7,10-11,13-14H2,1-5H3,(H,25,26)/t16-,17-,21-,22-,24?/m1/s1. The van der Waals surface area contributed by atoms with Crippen molar-refractivity contribution in [3.63, 3.8) is 0 Å². The van der Waals surface area contributed by atoms with Crippen LogP contribution in [0.25, 0.3) is 0 Å². The number of carbonyl (C=O) groups is 1. The van der Waals surface area contributed by atoms with Crippen molar-refractivity contribution in [1.29, 1.82) is 0 Å². The number of ether oxygens (including phenoxy) is 3. The number of nitrogens with one attached hydrogen (secondary N) is 1. The summed E-state index contributed by atoms with van der Waals surface area (Å²) in [6.07, 6.45) is 4.90. The molecule has 1 aliphatic heterocycles. The Morgan fingerprint density at radius 1 is 1.24 bits per heavy atom. The fourth-order valence-electron chi connectivity index (χ4n) is 6.61. The zero-order valence-corrected chi connectivity index (χ0v) is 18.4. The number of hydrogen-bond donors (Lipinski definition) is 1. The van der Waals surface area contributed by atoms with Gasteiger partial charge >= 0.3 is 0 Å². The lowest BCUT2D eigenvalue weighted by atomic mass is 9.59. The molecule has 0 radical (unpaired) electrons. The van der Waals surface area contributed by atoms with Gasteiger partial charge < -0.3 is 19.5 Å². The fourth-order valence-corrected chi connectivity index (χ4v) is 6.61. The van der Waals surface area contributed by atoms with Gasteiger partial charge in [-0.3, -0.25) is 4.79 Å². The normalized spacial score (nSPS) is 34.5. The van der Waals surface area contributed by atoms with Crippen LogP contribution >= 0.6 is 0 Å². The molecular formula is C24H35NO4. The largest absolute Gasteiger partial charge is 0.493 e. The van der Waals surface area contributed by atoms with E-state index in [0.717, 1.165) is 42.9 Å². The highest BCUT2D eigenvalue weighted by molar-refractivity contribution is 5.76. The highest BCUT2D eigenvalue weighted by Crippen LogP contribution is 2.70. The minimum absolute atomic E-state index is 0.0373. The maximum absolute atomic E-state index is 12.6. The third-order valence-corrected chi connectivity index (χ3v) is 8.02. The Kier molecular flexibility index (Phi) is 5.30. The van der Waals surface area contributed by atoms with E-state index in [-0.39, 0.29) is 28.9 Å². The van der Waals surface area contributed by atoms with E-state index < -0.39 is 0 Å². The first-order valence-electron chi connectivity index (χ1n) is 11.0. The highest BCUT2D eigenvalue weighted by atomic mass is 16.5. The van der Waals surface area contributed by atoms with Crippen LogP contribution in [-0.2, 0) is 9.53 Å². The summed E-state index contributed by atoms with van der Waals surface area (Å²) in [4.78, 5) is 12.6. The maximum atomic E-state index is 12.6. The number of benzene rings is 1. The smallest absolute Gasteiger partial charge is 0.220 e. The molecule has 0 aromatic heterocycles. The molecule has 2 aliphatic carbocycles. The van der Waals surface area contributed by atoms with Crippen LogP contribution in [-0.4, -0.2) is 32.8 Å². The number of methoxy groups -OCH3 is 2. The number of amides is 1. The first kappa shape index (κ1) is 20.5. The van der Waals surface area contributed by atoms with Crippen molar-refractivity contribution in [3.8, 4) is 11.5 Å². The maximum Gasteiger partial charge on any atom is 0.220 e. The third-order valence-electron chi connectivity index (χ3n) is 8.02. The van der Waals surface area contributed by atoms with Crippen LogP contribution in [0.1, 0.15) is 64.5 Å². The molecule has 1 N–H and O–H groups in total. The molecule has 1 aromatic rings. The molecule has 1 aromatic carbocycles. The summed E-state index contributed by atoms with van der Waals surface area (Å²) in [6, 6.07) is 6.34. The summed E-state index contributed by atoms with van der Waals surface area (Å²) < 4.78 is 17.3. The van der Waals surface area contributed by atoms with Gasteiger partial charge in [0, 0.05) is 19.1 Å². The van der Waals surface area contributed by atoms with Gasteiger partial charge in [-0.05, 0) is 66.0 Å². The average molecular weight is 402 g/mol. The van der Waals surface area contributed by atoms with E-state index >= 15 is 0 Å². The Bertz CT molecular complexity index is 776. The second-order valence-electron chi connectivity index (χ2n) is 9.70. The van der Waals surface area contributed by atoms with Crippen LogP contribution in [0.2, 0.25) is 0 Å². The van der Waals surface area contributed by atoms with Crippen molar-refractivity contribution < 1.29 is 19.0 Å². The molecule has 1 saturated heterocycles. The number of hydrogen-bond acceptors (Lipinski definition) is 4. The molecule has 2 bridgehead atoms. The molecule has 29 heavy (non-hydrogen) atoms. The van der Waals surface area contributed by atoms with Crippen molar-refractivity contribution >= 4 is 5.91 Å². The zero-order chi connectivity index (χ0) is 20.8. The van der Waals surface area contributed by atoms with Gasteiger partial charge in [0.05, 0.1) is 20.3 Å². The van der Waals surface area contributed by atoms with Gasteiger partial charge in [-0.15, -0.1) is 0 Å². The molecule has 2 saturated carbocycles. The lowest BCUT2D eigenvalue weighted by molar-refractivity contribution is -0.137. The van der Waals surface area contributed by atoms with Crippen molar-refractivity contribution in [2.24, 2.45) is 22.7 Å². The SMILES string of the molecule is CCCC(=O)N[C@@H]1C(C)(C)[C@@H]2C[C@@H]3[C@@H](c4ccc(OC)c(OC)c4)OCCC31C2. The predicted molar refractivity (Wildman–Crippen MR) is 112 cm³/mol. The lowest BCUT2D eigenvalue weighted by Gasteiger charge is -2.53. The zero-order valence-electron chi connectivity index (χ0n) is 18.4. The lowest BCUT2D eigenvalue weighted by Crippen LogP contribution is -2.58. The molecule has 1 unspecified atom stereocenters. The molecule has 5 nitrogen and oxygen atoms in total. The number of rotatable bonds is 6. The monoisotopic (exact) mass is 401 g/mol. The van der Waals surface area contributed by atoms with Crippen LogP contribution in [0.5, 0.6) is 11.5 Å². The second-order valence-corrected chi connectivity index (χ2v) is 9.70. The Balaban J connectivity index is 1.66. The van der Waals surface area contributed by atoms with E-state index in [1.54, 1.807) is 14.2 Å². The van der Waals surface area contributed by atoms with Crippen LogP contribution in [0.15, 0.2) is 18.2 Å². The number of carbonyl (C=O) groups excluding carboxylic acids is 1.